The molecule has 0 spiro atoms. The number of amides is 1. The molecule has 1 saturated heterocycles. The number of rotatable bonds is 14. The van der Waals surface area contributed by atoms with E-state index < -0.39 is 20.1 Å². The summed E-state index contributed by atoms with van der Waals surface area (Å²) in [6.45, 7) is 9.35. The molecule has 4 aromatic rings. The van der Waals surface area contributed by atoms with Crippen molar-refractivity contribution in [3.05, 3.63) is 102 Å². The number of aliphatic hydroxyl groups is 2. The fraction of sp³-hybridized carbons (Fsp3) is 0.432. The molecule has 0 aliphatic carbocycles. The minimum atomic E-state index is -2.01. The van der Waals surface area contributed by atoms with Crippen LogP contribution in [-0.4, -0.2) is 71.2 Å². The zero-order valence-electron chi connectivity index (χ0n) is 28.0. The maximum absolute atomic E-state index is 11.9. The average Bonchev–Trinajstić information content (AvgIpc) is 3.68. The SMILES string of the molecule is COc1ccc([Si](C)(C)[C@H]2[C@H](C)[C@H](CCc3ccc(NC(=O)[C@H](C)O)cc3)O[C@@H]2CCn2cc(C(CO)c3ccccc3)nn2)cc1. The van der Waals surface area contributed by atoms with Gasteiger partial charge in [-0.15, -0.1) is 5.10 Å². The number of nitrogens with zero attached hydrogens (tertiary/aromatic N) is 3. The third-order valence-corrected chi connectivity index (χ3v) is 14.2. The molecule has 9 nitrogen and oxygen atoms in total. The standard InChI is InChI=1S/C37H48N4O5Si/c1-25-34(20-13-27-11-14-29(15-12-27)38-37(44)26(2)43)46-35(36(25)47(4,5)31-18-16-30(45-3)17-19-31)21-22-41-23-33(39-40-41)32(24-42)28-9-7-6-8-10-28/h6-12,14-19,23,25-26,32,34-36,42-43H,13,20-22,24H2,1-5H3,(H,38,44)/t25-,26+,32?,34+,35-,36+/m1/s1. The minimum absolute atomic E-state index is 0.0312. The Hall–Kier alpha value is -3.83. The maximum Gasteiger partial charge on any atom is 0.252 e. The van der Waals surface area contributed by atoms with E-state index in [2.05, 4.69) is 59.9 Å². The molecule has 1 aliphatic heterocycles. The number of aromatic nitrogens is 3. The summed E-state index contributed by atoms with van der Waals surface area (Å²) < 4.78 is 14.3. The minimum Gasteiger partial charge on any atom is -0.497 e. The molecular weight excluding hydrogens is 609 g/mol. The Balaban J connectivity index is 1.31. The van der Waals surface area contributed by atoms with Crippen LogP contribution in [0.25, 0.3) is 0 Å². The lowest BCUT2D eigenvalue weighted by atomic mass is 9.95. The highest BCUT2D eigenvalue weighted by atomic mass is 28.3. The molecule has 10 heteroatoms. The first-order valence-electron chi connectivity index (χ1n) is 16.5. The fourth-order valence-electron chi connectivity index (χ4n) is 7.12. The van der Waals surface area contributed by atoms with Gasteiger partial charge in [0.05, 0.1) is 45.6 Å². The number of methoxy groups -OCH3 is 1. The number of hydrogen-bond acceptors (Lipinski definition) is 7. The van der Waals surface area contributed by atoms with Crippen LogP contribution in [0.15, 0.2) is 85.1 Å². The first-order valence-corrected chi connectivity index (χ1v) is 19.6. The van der Waals surface area contributed by atoms with Crippen molar-refractivity contribution in [3.8, 4) is 5.75 Å². The third-order valence-electron chi connectivity index (χ3n) is 9.83. The van der Waals surface area contributed by atoms with E-state index in [-0.39, 0.29) is 24.7 Å². The third kappa shape index (κ3) is 8.19. The van der Waals surface area contributed by atoms with E-state index in [4.69, 9.17) is 9.47 Å². The Morgan fingerprint density at radius 1 is 1.02 bits per heavy atom. The zero-order valence-corrected chi connectivity index (χ0v) is 29.0. The van der Waals surface area contributed by atoms with E-state index in [9.17, 15) is 15.0 Å². The number of nitrogens with one attached hydrogen (secondary N) is 1. The van der Waals surface area contributed by atoms with E-state index in [0.29, 0.717) is 23.7 Å². The molecule has 3 aromatic carbocycles. The molecule has 0 radical (unpaired) electrons. The van der Waals surface area contributed by atoms with Gasteiger partial charge in [-0.2, -0.15) is 0 Å². The van der Waals surface area contributed by atoms with Crippen LogP contribution in [0.5, 0.6) is 5.75 Å². The molecule has 47 heavy (non-hydrogen) atoms. The van der Waals surface area contributed by atoms with Gasteiger partial charge in [0.25, 0.3) is 5.91 Å². The summed E-state index contributed by atoms with van der Waals surface area (Å²) in [5.74, 6) is 0.586. The van der Waals surface area contributed by atoms with Crippen molar-refractivity contribution in [1.82, 2.24) is 15.0 Å². The van der Waals surface area contributed by atoms with Crippen molar-refractivity contribution in [2.45, 2.75) is 82.5 Å². The number of benzene rings is 3. The summed E-state index contributed by atoms with van der Waals surface area (Å²) in [5.41, 5.74) is 4.01. The summed E-state index contributed by atoms with van der Waals surface area (Å²) >= 11 is 0. The second kappa shape index (κ2) is 15.4. The van der Waals surface area contributed by atoms with Crippen molar-refractivity contribution in [2.24, 2.45) is 5.92 Å². The Labute approximate surface area is 279 Å². The van der Waals surface area contributed by atoms with Crippen LogP contribution in [-0.2, 0) is 22.5 Å². The van der Waals surface area contributed by atoms with Gasteiger partial charge in [0.15, 0.2) is 0 Å². The van der Waals surface area contributed by atoms with E-state index in [1.807, 2.05) is 65.5 Å². The summed E-state index contributed by atoms with van der Waals surface area (Å²) in [7, 11) is -0.314. The van der Waals surface area contributed by atoms with Crippen LogP contribution in [0.1, 0.15) is 49.4 Å². The van der Waals surface area contributed by atoms with Crippen LogP contribution in [0.4, 0.5) is 5.69 Å². The van der Waals surface area contributed by atoms with Gasteiger partial charge < -0.3 is 25.0 Å². The van der Waals surface area contributed by atoms with E-state index in [0.717, 1.165) is 36.3 Å². The van der Waals surface area contributed by atoms with E-state index in [1.165, 1.54) is 17.7 Å². The van der Waals surface area contributed by atoms with Crippen LogP contribution in [0, 0.1) is 5.92 Å². The number of ether oxygens (including phenoxy) is 2. The monoisotopic (exact) mass is 656 g/mol. The fourth-order valence-corrected chi connectivity index (χ4v) is 11.2. The lowest BCUT2D eigenvalue weighted by molar-refractivity contribution is -0.123. The summed E-state index contributed by atoms with van der Waals surface area (Å²) in [5, 5.41) is 32.6. The molecule has 1 unspecified atom stereocenters. The average molecular weight is 657 g/mol. The van der Waals surface area contributed by atoms with Gasteiger partial charge in [0.2, 0.25) is 0 Å². The Morgan fingerprint density at radius 3 is 2.36 bits per heavy atom. The van der Waals surface area contributed by atoms with Crippen LogP contribution >= 0.6 is 0 Å². The summed E-state index contributed by atoms with van der Waals surface area (Å²) in [6, 6.07) is 26.3. The quantitative estimate of drug-likeness (QED) is 0.161. The molecule has 0 saturated carbocycles. The second-order valence-electron chi connectivity index (χ2n) is 13.3. The van der Waals surface area contributed by atoms with Gasteiger partial charge in [-0.1, -0.05) is 85.0 Å². The number of aliphatic hydroxyl groups excluding tert-OH is 2. The molecule has 1 aromatic heterocycles. The van der Waals surface area contributed by atoms with Crippen molar-refractivity contribution >= 4 is 24.9 Å². The smallest absolute Gasteiger partial charge is 0.252 e. The Kier molecular flexibility index (Phi) is 11.3. The Bertz CT molecular complexity index is 1580. The predicted octanol–water partition coefficient (Wildman–Crippen LogP) is 5.14. The van der Waals surface area contributed by atoms with Crippen molar-refractivity contribution in [3.63, 3.8) is 0 Å². The topological polar surface area (TPSA) is 119 Å². The normalized spacial score (nSPS) is 20.9. The molecule has 1 fully saturated rings. The molecular formula is C37H48N4O5Si. The molecule has 1 aliphatic rings. The molecule has 3 N–H and O–H groups in total. The molecule has 1 amide bonds. The molecule has 2 heterocycles. The van der Waals surface area contributed by atoms with Gasteiger partial charge in [-0.05, 0) is 73.0 Å². The predicted molar refractivity (Wildman–Crippen MR) is 187 cm³/mol. The molecule has 6 atom stereocenters. The van der Waals surface area contributed by atoms with Gasteiger partial charge in [0.1, 0.15) is 11.9 Å². The Morgan fingerprint density at radius 2 is 1.72 bits per heavy atom. The lowest BCUT2D eigenvalue weighted by Crippen LogP contribution is -2.50. The first-order chi connectivity index (χ1) is 22.6. The van der Waals surface area contributed by atoms with Crippen LogP contribution in [0.2, 0.25) is 18.6 Å². The van der Waals surface area contributed by atoms with Gasteiger partial charge >= 0.3 is 0 Å². The summed E-state index contributed by atoms with van der Waals surface area (Å²) in [4.78, 5) is 11.9. The highest BCUT2D eigenvalue weighted by Crippen LogP contribution is 2.46. The second-order valence-corrected chi connectivity index (χ2v) is 18.0. The van der Waals surface area contributed by atoms with Gasteiger partial charge in [0, 0.05) is 18.4 Å². The van der Waals surface area contributed by atoms with Crippen molar-refractivity contribution < 1.29 is 24.5 Å². The molecule has 0 bridgehead atoms. The number of carbonyl (C=O) groups is 1. The lowest BCUT2D eigenvalue weighted by Gasteiger charge is -2.36. The first kappa shape index (κ1) is 34.5. The zero-order chi connectivity index (χ0) is 33.6. The maximum atomic E-state index is 11.9. The highest BCUT2D eigenvalue weighted by Gasteiger charge is 2.50. The number of anilines is 1. The molecule has 5 rings (SSSR count). The number of aryl methyl sites for hydroxylation is 2. The van der Waals surface area contributed by atoms with Gasteiger partial charge in [-0.3, -0.25) is 9.48 Å². The summed E-state index contributed by atoms with van der Waals surface area (Å²) in [6.07, 6.45) is 3.63. The van der Waals surface area contributed by atoms with Crippen LogP contribution < -0.4 is 15.2 Å². The van der Waals surface area contributed by atoms with Crippen molar-refractivity contribution in [2.75, 3.05) is 19.0 Å². The van der Waals surface area contributed by atoms with E-state index in [1.54, 1.807) is 7.11 Å². The van der Waals surface area contributed by atoms with Crippen LogP contribution in [0.3, 0.4) is 0 Å². The van der Waals surface area contributed by atoms with E-state index >= 15 is 0 Å². The highest BCUT2D eigenvalue weighted by molar-refractivity contribution is 6.91. The van der Waals surface area contributed by atoms with Gasteiger partial charge in [-0.25, -0.2) is 0 Å². The largest absolute Gasteiger partial charge is 0.497 e. The molecule has 250 valence electrons. The number of carbonyl (C=O) groups excluding carboxylic acids is 1. The van der Waals surface area contributed by atoms with Crippen molar-refractivity contribution in [1.29, 1.82) is 0 Å². The number of hydrogen-bond donors (Lipinski definition) is 3.